The summed E-state index contributed by atoms with van der Waals surface area (Å²) in [6.07, 6.45) is 1.00. The number of carbonyl (C=O) groups excluding carboxylic acids is 2. The molecule has 2 amide bonds. The fraction of sp³-hybridized carbons (Fsp3) is 0.231. The lowest BCUT2D eigenvalue weighted by Crippen LogP contribution is -2.21. The van der Waals surface area contributed by atoms with Gasteiger partial charge in [-0.3, -0.25) is 9.59 Å². The highest BCUT2D eigenvalue weighted by Crippen LogP contribution is 2.18. The van der Waals surface area contributed by atoms with E-state index in [1.165, 1.54) is 0 Å². The van der Waals surface area contributed by atoms with Gasteiger partial charge in [0.05, 0.1) is 13.2 Å². The van der Waals surface area contributed by atoms with Gasteiger partial charge in [-0.05, 0) is 66.9 Å². The molecule has 0 fully saturated rings. The van der Waals surface area contributed by atoms with Gasteiger partial charge in [-0.15, -0.1) is 0 Å². The largest absolute Gasteiger partial charge is 0.494 e. The number of hydrogen-bond acceptors (Lipinski definition) is 4. The predicted octanol–water partition coefficient (Wildman–Crippen LogP) is 5.41. The number of carbonyl (C=O) groups is 2. The molecule has 0 radical (unpaired) electrons. The van der Waals surface area contributed by atoms with Crippen molar-refractivity contribution in [3.8, 4) is 5.75 Å². The molecular formula is C26H29N3O3. The first kappa shape index (κ1) is 22.9. The molecule has 166 valence electrons. The van der Waals surface area contributed by atoms with Crippen LogP contribution in [0.3, 0.4) is 0 Å². The van der Waals surface area contributed by atoms with Crippen molar-refractivity contribution in [2.75, 3.05) is 29.1 Å². The topological polar surface area (TPSA) is 79.5 Å². The summed E-state index contributed by atoms with van der Waals surface area (Å²) in [4.78, 5) is 24.6. The number of anilines is 3. The Kier molecular flexibility index (Phi) is 8.26. The lowest BCUT2D eigenvalue weighted by atomic mass is 10.1. The minimum Gasteiger partial charge on any atom is -0.494 e. The molecule has 0 aliphatic carbocycles. The number of benzene rings is 3. The number of hydrogen-bond donors (Lipinski definition) is 3. The van der Waals surface area contributed by atoms with Crippen LogP contribution in [0.4, 0.5) is 17.1 Å². The van der Waals surface area contributed by atoms with E-state index in [0.29, 0.717) is 29.5 Å². The molecular weight excluding hydrogens is 402 g/mol. The molecule has 32 heavy (non-hydrogen) atoms. The second-order valence-electron chi connectivity index (χ2n) is 7.86. The van der Waals surface area contributed by atoms with E-state index in [4.69, 9.17) is 4.74 Å². The molecule has 3 aromatic rings. The van der Waals surface area contributed by atoms with E-state index >= 15 is 0 Å². The van der Waals surface area contributed by atoms with Gasteiger partial charge in [0.1, 0.15) is 5.75 Å². The SMILES string of the molecule is CC(C)CCOc1ccc(NC(=O)CNc2cccc(NC(=O)c3ccccc3)c2)cc1. The van der Waals surface area contributed by atoms with Gasteiger partial charge >= 0.3 is 0 Å². The van der Waals surface area contributed by atoms with Crippen molar-refractivity contribution in [1.82, 2.24) is 0 Å². The van der Waals surface area contributed by atoms with Crippen molar-refractivity contribution in [3.63, 3.8) is 0 Å². The van der Waals surface area contributed by atoms with Crippen LogP contribution in [0, 0.1) is 5.92 Å². The summed E-state index contributed by atoms with van der Waals surface area (Å²) in [5, 5.41) is 8.80. The molecule has 0 saturated heterocycles. The van der Waals surface area contributed by atoms with Crippen molar-refractivity contribution in [2.45, 2.75) is 20.3 Å². The maximum Gasteiger partial charge on any atom is 0.255 e. The Bertz CT molecular complexity index is 1020. The summed E-state index contributed by atoms with van der Waals surface area (Å²) in [6.45, 7) is 5.10. The average Bonchev–Trinajstić information content (AvgIpc) is 2.79. The molecule has 0 atom stereocenters. The Labute approximate surface area is 189 Å². The molecule has 0 unspecified atom stereocenters. The van der Waals surface area contributed by atoms with E-state index in [9.17, 15) is 9.59 Å². The first-order chi connectivity index (χ1) is 15.5. The predicted molar refractivity (Wildman–Crippen MR) is 129 cm³/mol. The third-order valence-corrected chi connectivity index (χ3v) is 4.71. The number of nitrogens with one attached hydrogen (secondary N) is 3. The van der Waals surface area contributed by atoms with Crippen LogP contribution in [0.15, 0.2) is 78.9 Å². The summed E-state index contributed by atoms with van der Waals surface area (Å²) < 4.78 is 5.69. The first-order valence-electron chi connectivity index (χ1n) is 10.7. The van der Waals surface area contributed by atoms with Crippen LogP contribution >= 0.6 is 0 Å². The van der Waals surface area contributed by atoms with Crippen LogP contribution < -0.4 is 20.7 Å². The molecule has 6 nitrogen and oxygen atoms in total. The smallest absolute Gasteiger partial charge is 0.255 e. The summed E-state index contributed by atoms with van der Waals surface area (Å²) in [5.74, 6) is 1.03. The molecule has 0 bridgehead atoms. The van der Waals surface area contributed by atoms with E-state index in [1.807, 2.05) is 54.6 Å². The lowest BCUT2D eigenvalue weighted by molar-refractivity contribution is -0.114. The van der Waals surface area contributed by atoms with Gasteiger partial charge in [0.15, 0.2) is 0 Å². The van der Waals surface area contributed by atoms with Crippen LogP contribution in [0.5, 0.6) is 5.75 Å². The Morgan fingerprint density at radius 2 is 1.53 bits per heavy atom. The highest BCUT2D eigenvalue weighted by atomic mass is 16.5. The maximum absolute atomic E-state index is 12.3. The molecule has 3 aromatic carbocycles. The quantitative estimate of drug-likeness (QED) is 0.401. The van der Waals surface area contributed by atoms with Crippen molar-refractivity contribution >= 4 is 28.9 Å². The summed E-state index contributed by atoms with van der Waals surface area (Å²) in [6, 6.07) is 23.6. The Balaban J connectivity index is 1.46. The number of ether oxygens (including phenoxy) is 1. The molecule has 0 aliphatic heterocycles. The Morgan fingerprint density at radius 3 is 2.25 bits per heavy atom. The average molecular weight is 432 g/mol. The van der Waals surface area contributed by atoms with E-state index < -0.39 is 0 Å². The van der Waals surface area contributed by atoms with Crippen LogP contribution in [0.25, 0.3) is 0 Å². The molecule has 0 aromatic heterocycles. The summed E-state index contributed by atoms with van der Waals surface area (Å²) in [5.41, 5.74) is 2.68. The zero-order valence-corrected chi connectivity index (χ0v) is 18.4. The zero-order chi connectivity index (χ0) is 22.8. The van der Waals surface area contributed by atoms with Crippen molar-refractivity contribution in [1.29, 1.82) is 0 Å². The highest BCUT2D eigenvalue weighted by Gasteiger charge is 2.07. The van der Waals surface area contributed by atoms with E-state index in [2.05, 4.69) is 29.8 Å². The number of rotatable bonds is 10. The Morgan fingerprint density at radius 1 is 0.812 bits per heavy atom. The van der Waals surface area contributed by atoms with Gasteiger partial charge in [-0.25, -0.2) is 0 Å². The third kappa shape index (κ3) is 7.47. The summed E-state index contributed by atoms with van der Waals surface area (Å²) in [7, 11) is 0. The third-order valence-electron chi connectivity index (χ3n) is 4.71. The molecule has 0 spiro atoms. The minimum absolute atomic E-state index is 0.0999. The van der Waals surface area contributed by atoms with Gasteiger partial charge in [0.2, 0.25) is 5.91 Å². The normalized spacial score (nSPS) is 10.5. The molecule has 3 N–H and O–H groups in total. The van der Waals surface area contributed by atoms with Crippen molar-refractivity contribution < 1.29 is 14.3 Å². The van der Waals surface area contributed by atoms with E-state index in [-0.39, 0.29) is 18.4 Å². The fourth-order valence-corrected chi connectivity index (χ4v) is 2.93. The second kappa shape index (κ2) is 11.6. The minimum atomic E-state index is -0.183. The van der Waals surface area contributed by atoms with Crippen LogP contribution in [0.2, 0.25) is 0 Å². The monoisotopic (exact) mass is 431 g/mol. The van der Waals surface area contributed by atoms with E-state index in [0.717, 1.165) is 17.9 Å². The molecule has 3 rings (SSSR count). The van der Waals surface area contributed by atoms with Gasteiger partial charge in [-0.1, -0.05) is 38.1 Å². The summed E-state index contributed by atoms with van der Waals surface area (Å²) >= 11 is 0. The van der Waals surface area contributed by atoms with Gasteiger partial charge < -0.3 is 20.7 Å². The van der Waals surface area contributed by atoms with Crippen molar-refractivity contribution in [3.05, 3.63) is 84.4 Å². The number of amides is 2. The van der Waals surface area contributed by atoms with E-state index in [1.54, 1.807) is 24.3 Å². The van der Waals surface area contributed by atoms with Gasteiger partial charge in [0, 0.05) is 22.6 Å². The molecule has 0 saturated carbocycles. The van der Waals surface area contributed by atoms with Gasteiger partial charge in [0.25, 0.3) is 5.91 Å². The van der Waals surface area contributed by atoms with Crippen LogP contribution in [0.1, 0.15) is 30.6 Å². The van der Waals surface area contributed by atoms with Crippen LogP contribution in [-0.4, -0.2) is 25.0 Å². The Hall–Kier alpha value is -3.80. The van der Waals surface area contributed by atoms with Crippen molar-refractivity contribution in [2.24, 2.45) is 5.92 Å². The van der Waals surface area contributed by atoms with Gasteiger partial charge in [-0.2, -0.15) is 0 Å². The molecule has 0 heterocycles. The molecule has 6 heteroatoms. The maximum atomic E-state index is 12.3. The lowest BCUT2D eigenvalue weighted by Gasteiger charge is -2.11. The first-order valence-corrected chi connectivity index (χ1v) is 10.7. The molecule has 0 aliphatic rings. The standard InChI is InChI=1S/C26H29N3O3/c1-19(2)15-16-32-24-13-11-21(12-14-24)28-25(30)18-27-22-9-6-10-23(17-22)29-26(31)20-7-4-3-5-8-20/h3-14,17,19,27H,15-16,18H2,1-2H3,(H,28,30)(H,29,31). The fourth-order valence-electron chi connectivity index (χ4n) is 2.93. The van der Waals surface area contributed by atoms with Crippen LogP contribution in [-0.2, 0) is 4.79 Å². The second-order valence-corrected chi connectivity index (χ2v) is 7.86. The highest BCUT2D eigenvalue weighted by molar-refractivity contribution is 6.04. The zero-order valence-electron chi connectivity index (χ0n) is 18.4.